The fourth-order valence-corrected chi connectivity index (χ4v) is 1.74. The Labute approximate surface area is 86.5 Å². The van der Waals surface area contributed by atoms with E-state index in [0.717, 1.165) is 5.56 Å². The molecule has 0 saturated heterocycles. The SMILES string of the molecule is C[C@@H]1Cc2ccc(C=O)c(O)c2C(=O)O1. The summed E-state index contributed by atoms with van der Waals surface area (Å²) in [6, 6.07) is 3.18. The van der Waals surface area contributed by atoms with E-state index in [9.17, 15) is 14.7 Å². The predicted molar refractivity (Wildman–Crippen MR) is 52.1 cm³/mol. The molecule has 1 aromatic rings. The van der Waals surface area contributed by atoms with Crippen LogP contribution in [0, 0.1) is 0 Å². The highest BCUT2D eigenvalue weighted by molar-refractivity contribution is 5.98. The minimum absolute atomic E-state index is 0.111. The highest BCUT2D eigenvalue weighted by Crippen LogP contribution is 2.30. The Morgan fingerprint density at radius 2 is 2.27 bits per heavy atom. The first-order valence-electron chi connectivity index (χ1n) is 4.64. The van der Waals surface area contributed by atoms with Crippen LogP contribution in [0.2, 0.25) is 0 Å². The molecule has 1 aliphatic heterocycles. The molecule has 1 heterocycles. The standard InChI is InChI=1S/C11H10O4/c1-6-4-7-2-3-8(5-12)10(13)9(7)11(14)15-6/h2-3,5-6,13H,4H2,1H3/t6-/m1/s1. The van der Waals surface area contributed by atoms with Gasteiger partial charge in [0.1, 0.15) is 17.4 Å². The zero-order valence-electron chi connectivity index (χ0n) is 8.19. The summed E-state index contributed by atoms with van der Waals surface area (Å²) in [7, 11) is 0. The molecule has 4 heteroatoms. The molecule has 0 unspecified atom stereocenters. The third-order valence-electron chi connectivity index (χ3n) is 2.44. The molecular weight excluding hydrogens is 196 g/mol. The van der Waals surface area contributed by atoms with Gasteiger partial charge >= 0.3 is 5.97 Å². The minimum Gasteiger partial charge on any atom is -0.506 e. The fourth-order valence-electron chi connectivity index (χ4n) is 1.74. The van der Waals surface area contributed by atoms with Gasteiger partial charge in [0, 0.05) is 6.42 Å². The Bertz CT molecular complexity index is 436. The average molecular weight is 206 g/mol. The van der Waals surface area contributed by atoms with Crippen molar-refractivity contribution in [1.29, 1.82) is 0 Å². The number of hydrogen-bond donors (Lipinski definition) is 1. The molecule has 0 fully saturated rings. The molecule has 15 heavy (non-hydrogen) atoms. The minimum atomic E-state index is -0.565. The topological polar surface area (TPSA) is 63.6 Å². The van der Waals surface area contributed by atoms with E-state index in [4.69, 9.17) is 4.74 Å². The van der Waals surface area contributed by atoms with Crippen LogP contribution in [0.1, 0.15) is 33.2 Å². The first-order chi connectivity index (χ1) is 7.13. The molecule has 0 spiro atoms. The van der Waals surface area contributed by atoms with Gasteiger partial charge in [-0.1, -0.05) is 6.07 Å². The van der Waals surface area contributed by atoms with Crippen LogP contribution in [-0.4, -0.2) is 23.5 Å². The number of carbonyl (C=O) groups is 2. The first kappa shape index (κ1) is 9.71. The van der Waals surface area contributed by atoms with Crippen molar-refractivity contribution < 1.29 is 19.4 Å². The zero-order valence-corrected chi connectivity index (χ0v) is 8.19. The Kier molecular flexibility index (Phi) is 2.19. The van der Waals surface area contributed by atoms with Crippen LogP contribution in [0.15, 0.2) is 12.1 Å². The van der Waals surface area contributed by atoms with Gasteiger partial charge in [-0.05, 0) is 18.6 Å². The van der Waals surface area contributed by atoms with Crippen molar-refractivity contribution in [2.24, 2.45) is 0 Å². The quantitative estimate of drug-likeness (QED) is 0.555. The van der Waals surface area contributed by atoms with Crippen molar-refractivity contribution in [2.75, 3.05) is 0 Å². The molecule has 4 nitrogen and oxygen atoms in total. The second-order valence-corrected chi connectivity index (χ2v) is 3.58. The zero-order chi connectivity index (χ0) is 11.0. The highest BCUT2D eigenvalue weighted by Gasteiger charge is 2.27. The largest absolute Gasteiger partial charge is 0.506 e. The van der Waals surface area contributed by atoms with E-state index < -0.39 is 5.97 Å². The van der Waals surface area contributed by atoms with Gasteiger partial charge in [0.2, 0.25) is 0 Å². The van der Waals surface area contributed by atoms with Crippen molar-refractivity contribution in [3.8, 4) is 5.75 Å². The molecular formula is C11H10O4. The smallest absolute Gasteiger partial charge is 0.342 e. The number of hydrogen-bond acceptors (Lipinski definition) is 4. The molecule has 0 saturated carbocycles. The number of carbonyl (C=O) groups excluding carboxylic acids is 2. The molecule has 0 radical (unpaired) electrons. The average Bonchev–Trinajstić information content (AvgIpc) is 2.17. The van der Waals surface area contributed by atoms with Crippen molar-refractivity contribution in [2.45, 2.75) is 19.4 Å². The molecule has 0 amide bonds. The number of aromatic hydroxyl groups is 1. The number of phenolic OH excluding ortho intramolecular Hbond substituents is 1. The van der Waals surface area contributed by atoms with E-state index in [1.807, 2.05) is 0 Å². The Hall–Kier alpha value is -1.84. The van der Waals surface area contributed by atoms with Gasteiger partial charge in [0.05, 0.1) is 5.56 Å². The summed E-state index contributed by atoms with van der Waals surface area (Å²) in [4.78, 5) is 22.1. The van der Waals surface area contributed by atoms with Gasteiger partial charge < -0.3 is 9.84 Å². The van der Waals surface area contributed by atoms with Crippen molar-refractivity contribution >= 4 is 12.3 Å². The third-order valence-corrected chi connectivity index (χ3v) is 2.44. The monoisotopic (exact) mass is 206 g/mol. The number of ether oxygens (including phenoxy) is 1. The van der Waals surface area contributed by atoms with Gasteiger partial charge in [-0.2, -0.15) is 0 Å². The molecule has 2 rings (SSSR count). The van der Waals surface area contributed by atoms with Gasteiger partial charge in [-0.15, -0.1) is 0 Å². The van der Waals surface area contributed by atoms with Crippen molar-refractivity contribution in [3.05, 3.63) is 28.8 Å². The number of fused-ring (bicyclic) bond motifs is 1. The highest BCUT2D eigenvalue weighted by atomic mass is 16.5. The second-order valence-electron chi connectivity index (χ2n) is 3.58. The lowest BCUT2D eigenvalue weighted by Gasteiger charge is -2.22. The van der Waals surface area contributed by atoms with E-state index >= 15 is 0 Å². The summed E-state index contributed by atoms with van der Waals surface area (Å²) in [6.45, 7) is 1.78. The summed E-state index contributed by atoms with van der Waals surface area (Å²) < 4.78 is 4.98. The molecule has 0 aliphatic carbocycles. The van der Waals surface area contributed by atoms with Crippen molar-refractivity contribution in [3.63, 3.8) is 0 Å². The number of esters is 1. The Morgan fingerprint density at radius 3 is 2.93 bits per heavy atom. The summed E-state index contributed by atoms with van der Waals surface area (Å²) in [5.74, 6) is -0.843. The molecule has 0 aromatic heterocycles. The molecule has 1 N–H and O–H groups in total. The lowest BCUT2D eigenvalue weighted by atomic mass is 9.96. The van der Waals surface area contributed by atoms with E-state index in [1.54, 1.807) is 13.0 Å². The maximum atomic E-state index is 11.5. The van der Waals surface area contributed by atoms with Gasteiger partial charge in [-0.3, -0.25) is 4.79 Å². The summed E-state index contributed by atoms with van der Waals surface area (Å²) in [5.41, 5.74) is 0.958. The lowest BCUT2D eigenvalue weighted by molar-refractivity contribution is 0.0297. The summed E-state index contributed by atoms with van der Waals surface area (Å²) in [5, 5.41) is 9.66. The molecule has 1 aromatic carbocycles. The van der Waals surface area contributed by atoms with Crippen LogP contribution in [0.25, 0.3) is 0 Å². The maximum absolute atomic E-state index is 11.5. The van der Waals surface area contributed by atoms with E-state index in [0.29, 0.717) is 12.7 Å². The van der Waals surface area contributed by atoms with Crippen LogP contribution >= 0.6 is 0 Å². The molecule has 1 atom stereocenters. The first-order valence-corrected chi connectivity index (χ1v) is 4.64. The normalized spacial score (nSPS) is 19.3. The molecule has 1 aliphatic rings. The van der Waals surface area contributed by atoms with Gasteiger partial charge in [-0.25, -0.2) is 4.79 Å². The number of aldehydes is 1. The van der Waals surface area contributed by atoms with E-state index in [-0.39, 0.29) is 23.0 Å². The number of cyclic esters (lactones) is 1. The van der Waals surface area contributed by atoms with E-state index in [1.165, 1.54) is 6.07 Å². The predicted octanol–water partition coefficient (Wildman–Crippen LogP) is 1.31. The van der Waals surface area contributed by atoms with E-state index in [2.05, 4.69) is 0 Å². The number of rotatable bonds is 1. The van der Waals surface area contributed by atoms with Gasteiger partial charge in [0.15, 0.2) is 6.29 Å². The maximum Gasteiger partial charge on any atom is 0.342 e. The second kappa shape index (κ2) is 3.38. The number of phenols is 1. The van der Waals surface area contributed by atoms with Crippen LogP contribution in [0.4, 0.5) is 0 Å². The van der Waals surface area contributed by atoms with Crippen LogP contribution in [-0.2, 0) is 11.2 Å². The lowest BCUT2D eigenvalue weighted by Crippen LogP contribution is -2.25. The Morgan fingerprint density at radius 1 is 1.53 bits per heavy atom. The van der Waals surface area contributed by atoms with Gasteiger partial charge in [0.25, 0.3) is 0 Å². The summed E-state index contributed by atoms with van der Waals surface area (Å²) >= 11 is 0. The third kappa shape index (κ3) is 1.48. The Balaban J connectivity index is 2.61. The van der Waals surface area contributed by atoms with Crippen LogP contribution in [0.3, 0.4) is 0 Å². The molecule has 0 bridgehead atoms. The van der Waals surface area contributed by atoms with Crippen molar-refractivity contribution in [1.82, 2.24) is 0 Å². The summed E-state index contributed by atoms with van der Waals surface area (Å²) in [6.07, 6.45) is 0.890. The molecule has 78 valence electrons. The van der Waals surface area contributed by atoms with Crippen LogP contribution < -0.4 is 0 Å². The number of benzene rings is 1. The fraction of sp³-hybridized carbons (Fsp3) is 0.273. The van der Waals surface area contributed by atoms with Crippen LogP contribution in [0.5, 0.6) is 5.75 Å².